The molecule has 1 heterocycles. The Labute approximate surface area is 180 Å². The van der Waals surface area contributed by atoms with Gasteiger partial charge in [0.15, 0.2) is 0 Å². The highest BCUT2D eigenvalue weighted by Crippen LogP contribution is 2.28. The summed E-state index contributed by atoms with van der Waals surface area (Å²) in [5.41, 5.74) is 6.32. The molecule has 6 heteroatoms. The number of hydrogen-bond acceptors (Lipinski definition) is 5. The molecule has 0 saturated carbocycles. The molecule has 0 spiro atoms. The van der Waals surface area contributed by atoms with Crippen molar-refractivity contribution in [3.8, 4) is 23.2 Å². The standard InChI is InChI=1S/C25H21N3O3/c1-3-31-25-27-22-18(12-13-21(23(22)28-25)24(29)30-2)14-16-8-10-17(11-9-16)20-7-5-4-6-19(20)15-26/h4-13H,3,14H2,1-2H3,(H,27,28). The van der Waals surface area contributed by atoms with E-state index in [1.54, 1.807) is 6.07 Å². The van der Waals surface area contributed by atoms with Gasteiger partial charge in [0.05, 0.1) is 41.9 Å². The number of carbonyl (C=O) groups excluding carboxylic acids is 1. The van der Waals surface area contributed by atoms with Crippen LogP contribution in [-0.4, -0.2) is 29.7 Å². The third kappa shape index (κ3) is 3.99. The van der Waals surface area contributed by atoms with Crippen molar-refractivity contribution in [3.63, 3.8) is 0 Å². The molecule has 0 saturated heterocycles. The van der Waals surface area contributed by atoms with Crippen molar-refractivity contribution >= 4 is 17.0 Å². The summed E-state index contributed by atoms with van der Waals surface area (Å²) in [6, 6.07) is 21.9. The van der Waals surface area contributed by atoms with Gasteiger partial charge in [-0.1, -0.05) is 48.5 Å². The lowest BCUT2D eigenvalue weighted by Gasteiger charge is -2.08. The Hall–Kier alpha value is -4.11. The van der Waals surface area contributed by atoms with Crippen LogP contribution in [-0.2, 0) is 11.2 Å². The Morgan fingerprint density at radius 3 is 2.58 bits per heavy atom. The van der Waals surface area contributed by atoms with Gasteiger partial charge in [-0.15, -0.1) is 0 Å². The number of nitriles is 1. The molecule has 0 bridgehead atoms. The van der Waals surface area contributed by atoms with Crippen molar-refractivity contribution in [1.82, 2.24) is 9.97 Å². The summed E-state index contributed by atoms with van der Waals surface area (Å²) < 4.78 is 10.4. The molecular formula is C25H21N3O3. The summed E-state index contributed by atoms with van der Waals surface area (Å²) in [6.07, 6.45) is 0.633. The number of esters is 1. The van der Waals surface area contributed by atoms with Gasteiger partial charge in [0.1, 0.15) is 0 Å². The highest BCUT2D eigenvalue weighted by molar-refractivity contribution is 6.03. The van der Waals surface area contributed by atoms with Crippen molar-refractivity contribution in [2.24, 2.45) is 0 Å². The fraction of sp³-hybridized carbons (Fsp3) is 0.160. The van der Waals surface area contributed by atoms with E-state index < -0.39 is 5.97 Å². The molecule has 0 fully saturated rings. The van der Waals surface area contributed by atoms with Gasteiger partial charge in [-0.05, 0) is 47.7 Å². The van der Waals surface area contributed by atoms with Crippen LogP contribution in [0, 0.1) is 11.3 Å². The molecule has 4 rings (SSSR count). The van der Waals surface area contributed by atoms with E-state index in [0.29, 0.717) is 41.2 Å². The quantitative estimate of drug-likeness (QED) is 0.457. The first-order valence-corrected chi connectivity index (χ1v) is 9.95. The van der Waals surface area contributed by atoms with Crippen molar-refractivity contribution in [1.29, 1.82) is 5.26 Å². The third-order valence-corrected chi connectivity index (χ3v) is 5.10. The summed E-state index contributed by atoms with van der Waals surface area (Å²) in [5.74, 6) is -0.427. The van der Waals surface area contributed by atoms with Crippen LogP contribution < -0.4 is 4.74 Å². The number of rotatable bonds is 6. The van der Waals surface area contributed by atoms with Crippen LogP contribution in [0.1, 0.15) is 34.0 Å². The monoisotopic (exact) mass is 411 g/mol. The maximum Gasteiger partial charge on any atom is 0.340 e. The molecule has 6 nitrogen and oxygen atoms in total. The number of nitrogens with one attached hydrogen (secondary N) is 1. The number of methoxy groups -OCH3 is 1. The Bertz CT molecular complexity index is 1280. The van der Waals surface area contributed by atoms with Gasteiger partial charge in [0.2, 0.25) is 0 Å². The van der Waals surface area contributed by atoms with Gasteiger partial charge < -0.3 is 14.5 Å². The number of hydrogen-bond donors (Lipinski definition) is 1. The van der Waals surface area contributed by atoms with Gasteiger partial charge in [0, 0.05) is 0 Å². The highest BCUT2D eigenvalue weighted by Gasteiger charge is 2.18. The zero-order valence-corrected chi connectivity index (χ0v) is 17.3. The molecule has 0 unspecified atom stereocenters. The van der Waals surface area contributed by atoms with E-state index in [4.69, 9.17) is 9.47 Å². The predicted molar refractivity (Wildman–Crippen MR) is 118 cm³/mol. The van der Waals surface area contributed by atoms with Gasteiger partial charge in [0.25, 0.3) is 6.01 Å². The fourth-order valence-corrected chi connectivity index (χ4v) is 3.61. The number of fused-ring (bicyclic) bond motifs is 1. The van der Waals surface area contributed by atoms with E-state index in [2.05, 4.69) is 16.0 Å². The van der Waals surface area contributed by atoms with E-state index in [0.717, 1.165) is 22.3 Å². The minimum atomic E-state index is -0.427. The molecule has 31 heavy (non-hydrogen) atoms. The Balaban J connectivity index is 1.68. The minimum absolute atomic E-state index is 0.374. The predicted octanol–water partition coefficient (Wildman–Crippen LogP) is 4.88. The second kappa shape index (κ2) is 8.72. The van der Waals surface area contributed by atoms with Crippen LogP contribution in [0.2, 0.25) is 0 Å². The van der Waals surface area contributed by atoms with E-state index in [1.807, 2.05) is 61.5 Å². The fourth-order valence-electron chi connectivity index (χ4n) is 3.61. The van der Waals surface area contributed by atoms with E-state index in [9.17, 15) is 10.1 Å². The molecule has 154 valence electrons. The van der Waals surface area contributed by atoms with Crippen LogP contribution in [0.3, 0.4) is 0 Å². The summed E-state index contributed by atoms with van der Waals surface area (Å²) in [4.78, 5) is 19.8. The van der Waals surface area contributed by atoms with Gasteiger partial charge in [-0.2, -0.15) is 10.2 Å². The number of carbonyl (C=O) groups is 1. The molecule has 3 aromatic carbocycles. The molecule has 0 aliphatic heterocycles. The normalized spacial score (nSPS) is 10.6. The first kappa shape index (κ1) is 20.2. The first-order valence-electron chi connectivity index (χ1n) is 9.95. The zero-order chi connectivity index (χ0) is 21.8. The lowest BCUT2D eigenvalue weighted by Crippen LogP contribution is -2.03. The molecule has 0 radical (unpaired) electrons. The summed E-state index contributed by atoms with van der Waals surface area (Å²) >= 11 is 0. The van der Waals surface area contributed by atoms with E-state index >= 15 is 0 Å². The lowest BCUT2D eigenvalue weighted by molar-refractivity contribution is 0.0603. The van der Waals surface area contributed by atoms with E-state index in [-0.39, 0.29) is 0 Å². The molecule has 0 aliphatic carbocycles. The average molecular weight is 411 g/mol. The SMILES string of the molecule is CCOc1nc2c(Cc3ccc(-c4ccccc4C#N)cc3)ccc(C(=O)OC)c2[nH]1. The van der Waals surface area contributed by atoms with Crippen LogP contribution in [0.4, 0.5) is 0 Å². The van der Waals surface area contributed by atoms with Crippen LogP contribution in [0.25, 0.3) is 22.2 Å². The number of imidazole rings is 1. The molecule has 4 aromatic rings. The number of ether oxygens (including phenoxy) is 2. The molecule has 0 aliphatic rings. The first-order chi connectivity index (χ1) is 15.1. The van der Waals surface area contributed by atoms with Crippen molar-refractivity contribution in [3.05, 3.63) is 82.9 Å². The number of aromatic nitrogens is 2. The molecule has 0 atom stereocenters. The molecule has 1 aromatic heterocycles. The van der Waals surface area contributed by atoms with Gasteiger partial charge in [-0.25, -0.2) is 4.79 Å². The van der Waals surface area contributed by atoms with E-state index in [1.165, 1.54) is 7.11 Å². The summed E-state index contributed by atoms with van der Waals surface area (Å²) in [7, 11) is 1.36. The Morgan fingerprint density at radius 2 is 1.87 bits per heavy atom. The molecular weight excluding hydrogens is 390 g/mol. The number of aromatic amines is 1. The highest BCUT2D eigenvalue weighted by atomic mass is 16.5. The Morgan fingerprint density at radius 1 is 1.10 bits per heavy atom. The largest absolute Gasteiger partial charge is 0.465 e. The molecule has 1 N–H and O–H groups in total. The maximum absolute atomic E-state index is 12.2. The topological polar surface area (TPSA) is 88.0 Å². The maximum atomic E-state index is 12.2. The van der Waals surface area contributed by atoms with Crippen molar-refractivity contribution in [2.75, 3.05) is 13.7 Å². The average Bonchev–Trinajstić information content (AvgIpc) is 3.23. The van der Waals surface area contributed by atoms with Crippen molar-refractivity contribution < 1.29 is 14.3 Å². The van der Waals surface area contributed by atoms with Gasteiger partial charge in [-0.3, -0.25) is 0 Å². The van der Waals surface area contributed by atoms with Gasteiger partial charge >= 0.3 is 5.97 Å². The number of H-pyrrole nitrogens is 1. The third-order valence-electron chi connectivity index (χ3n) is 5.10. The lowest BCUT2D eigenvalue weighted by atomic mass is 9.97. The van der Waals surface area contributed by atoms with Crippen LogP contribution >= 0.6 is 0 Å². The van der Waals surface area contributed by atoms with Crippen LogP contribution in [0.15, 0.2) is 60.7 Å². The zero-order valence-electron chi connectivity index (χ0n) is 17.3. The summed E-state index contributed by atoms with van der Waals surface area (Å²) in [5, 5.41) is 9.35. The number of nitrogens with zero attached hydrogens (tertiary/aromatic N) is 2. The van der Waals surface area contributed by atoms with Crippen molar-refractivity contribution in [2.45, 2.75) is 13.3 Å². The smallest absolute Gasteiger partial charge is 0.340 e. The second-order valence-corrected chi connectivity index (χ2v) is 6.99. The van der Waals surface area contributed by atoms with Crippen LogP contribution in [0.5, 0.6) is 6.01 Å². The molecule has 0 amide bonds. The number of benzene rings is 3. The second-order valence-electron chi connectivity index (χ2n) is 6.99. The summed E-state index contributed by atoms with van der Waals surface area (Å²) in [6.45, 7) is 2.34. The minimum Gasteiger partial charge on any atom is -0.465 e. The Kier molecular flexibility index (Phi) is 5.67.